The number of nitrogens with one attached hydrogen (secondary N) is 1. The number of imidazole rings is 1. The zero-order valence-electron chi connectivity index (χ0n) is 12.9. The van der Waals surface area contributed by atoms with Crippen molar-refractivity contribution in [2.75, 3.05) is 23.8 Å². The topological polar surface area (TPSA) is 92.9 Å². The number of para-hydroxylation sites is 1. The van der Waals surface area contributed by atoms with Crippen LogP contribution in [-0.2, 0) is 0 Å². The number of nitrogen functional groups attached to an aromatic ring is 1. The fourth-order valence-corrected chi connectivity index (χ4v) is 3.27. The Morgan fingerprint density at radius 1 is 1.33 bits per heavy atom. The molecule has 1 atom stereocenters. The molecule has 1 saturated heterocycles. The zero-order chi connectivity index (χ0) is 16.5. The molecule has 0 unspecified atom stereocenters. The molecule has 2 aromatic heterocycles. The van der Waals surface area contributed by atoms with E-state index in [0.717, 1.165) is 30.7 Å². The molecular formula is C16H17ClN6O. The first kappa shape index (κ1) is 15.0. The number of H-pyrrole nitrogens is 1. The standard InChI is InChI=1S/C16H17ClN6O/c17-11-5-1-2-6-12(11)24-8-10-4-3-7-23(10)15-13-14(20-9-19-13)21-16(18)22-15/h1-2,5-6,9-10H,3-4,7-8H2,(H3,18,19,20,21,22)/t10-/m1/s1. The largest absolute Gasteiger partial charge is 0.490 e. The van der Waals surface area contributed by atoms with Gasteiger partial charge >= 0.3 is 0 Å². The molecule has 0 radical (unpaired) electrons. The molecule has 0 amide bonds. The Hall–Kier alpha value is -2.54. The lowest BCUT2D eigenvalue weighted by Gasteiger charge is -2.26. The number of hydrogen-bond acceptors (Lipinski definition) is 6. The van der Waals surface area contributed by atoms with Crippen LogP contribution in [0.25, 0.3) is 11.2 Å². The maximum Gasteiger partial charge on any atom is 0.224 e. The van der Waals surface area contributed by atoms with Crippen LogP contribution in [0.4, 0.5) is 11.8 Å². The average molecular weight is 345 g/mol. The van der Waals surface area contributed by atoms with Crippen LogP contribution >= 0.6 is 11.6 Å². The summed E-state index contributed by atoms with van der Waals surface area (Å²) in [6.45, 7) is 1.42. The van der Waals surface area contributed by atoms with Crippen LogP contribution < -0.4 is 15.4 Å². The number of ether oxygens (including phenoxy) is 1. The van der Waals surface area contributed by atoms with Crippen molar-refractivity contribution in [1.82, 2.24) is 19.9 Å². The van der Waals surface area contributed by atoms with E-state index in [0.29, 0.717) is 23.0 Å². The number of fused-ring (bicyclic) bond motifs is 1. The van der Waals surface area contributed by atoms with E-state index in [1.807, 2.05) is 24.3 Å². The van der Waals surface area contributed by atoms with Gasteiger partial charge in [-0.1, -0.05) is 23.7 Å². The van der Waals surface area contributed by atoms with Crippen molar-refractivity contribution in [1.29, 1.82) is 0 Å². The van der Waals surface area contributed by atoms with Crippen molar-refractivity contribution in [3.63, 3.8) is 0 Å². The van der Waals surface area contributed by atoms with Crippen LogP contribution in [0.15, 0.2) is 30.6 Å². The van der Waals surface area contributed by atoms with Crippen LogP contribution in [0, 0.1) is 0 Å². The number of nitrogens with two attached hydrogens (primary N) is 1. The normalized spacial score (nSPS) is 17.5. The molecule has 3 N–H and O–H groups in total. The molecule has 124 valence electrons. The second-order valence-electron chi connectivity index (χ2n) is 5.74. The van der Waals surface area contributed by atoms with E-state index in [1.165, 1.54) is 0 Å². The number of nitrogens with zero attached hydrogens (tertiary/aromatic N) is 4. The first-order valence-electron chi connectivity index (χ1n) is 7.83. The molecule has 0 spiro atoms. The second kappa shape index (κ2) is 6.16. The Kier molecular flexibility index (Phi) is 3.86. The number of halogens is 1. The van der Waals surface area contributed by atoms with Crippen molar-refractivity contribution < 1.29 is 4.74 Å². The number of aromatic nitrogens is 4. The summed E-state index contributed by atoms with van der Waals surface area (Å²) in [4.78, 5) is 18.0. The molecule has 1 aliphatic rings. The summed E-state index contributed by atoms with van der Waals surface area (Å²) in [5, 5.41) is 0.615. The Bertz CT molecular complexity index is 867. The lowest BCUT2D eigenvalue weighted by atomic mass is 10.2. The van der Waals surface area contributed by atoms with Gasteiger partial charge in [0.1, 0.15) is 17.9 Å². The van der Waals surface area contributed by atoms with Gasteiger partial charge in [-0.15, -0.1) is 0 Å². The predicted molar refractivity (Wildman–Crippen MR) is 93.4 cm³/mol. The minimum atomic E-state index is 0.196. The summed E-state index contributed by atoms with van der Waals surface area (Å²) in [7, 11) is 0. The predicted octanol–water partition coefficient (Wildman–Crippen LogP) is 2.64. The summed E-state index contributed by atoms with van der Waals surface area (Å²) in [6, 6.07) is 7.69. The van der Waals surface area contributed by atoms with Gasteiger partial charge in [0, 0.05) is 6.54 Å². The highest BCUT2D eigenvalue weighted by atomic mass is 35.5. The highest BCUT2D eigenvalue weighted by molar-refractivity contribution is 6.32. The molecular weight excluding hydrogens is 328 g/mol. The highest BCUT2D eigenvalue weighted by Gasteiger charge is 2.29. The van der Waals surface area contributed by atoms with Crippen molar-refractivity contribution in [2.24, 2.45) is 0 Å². The summed E-state index contributed by atoms with van der Waals surface area (Å²) in [6.07, 6.45) is 3.69. The number of anilines is 2. The number of benzene rings is 1. The smallest absolute Gasteiger partial charge is 0.224 e. The van der Waals surface area contributed by atoms with E-state index < -0.39 is 0 Å². The number of aromatic amines is 1. The number of rotatable bonds is 4. The fourth-order valence-electron chi connectivity index (χ4n) is 3.08. The van der Waals surface area contributed by atoms with Crippen molar-refractivity contribution >= 4 is 34.5 Å². The third-order valence-corrected chi connectivity index (χ3v) is 4.51. The van der Waals surface area contributed by atoms with E-state index >= 15 is 0 Å². The van der Waals surface area contributed by atoms with Crippen LogP contribution in [-0.4, -0.2) is 39.1 Å². The Morgan fingerprint density at radius 3 is 3.08 bits per heavy atom. The highest BCUT2D eigenvalue weighted by Crippen LogP contribution is 2.30. The van der Waals surface area contributed by atoms with Crippen LogP contribution in [0.2, 0.25) is 5.02 Å². The maximum absolute atomic E-state index is 6.16. The Balaban J connectivity index is 1.58. The monoisotopic (exact) mass is 344 g/mol. The second-order valence-corrected chi connectivity index (χ2v) is 6.14. The van der Waals surface area contributed by atoms with E-state index in [9.17, 15) is 0 Å². The van der Waals surface area contributed by atoms with E-state index in [-0.39, 0.29) is 12.0 Å². The van der Waals surface area contributed by atoms with Gasteiger partial charge in [0.15, 0.2) is 11.5 Å². The zero-order valence-corrected chi connectivity index (χ0v) is 13.7. The molecule has 3 aromatic rings. The molecule has 0 bridgehead atoms. The van der Waals surface area contributed by atoms with Crippen molar-refractivity contribution in [3.8, 4) is 5.75 Å². The van der Waals surface area contributed by atoms with Gasteiger partial charge in [0.2, 0.25) is 5.95 Å². The minimum Gasteiger partial charge on any atom is -0.490 e. The number of hydrogen-bond donors (Lipinski definition) is 2. The molecule has 3 heterocycles. The van der Waals surface area contributed by atoms with Crippen LogP contribution in [0.1, 0.15) is 12.8 Å². The first-order valence-corrected chi connectivity index (χ1v) is 8.21. The van der Waals surface area contributed by atoms with E-state index in [2.05, 4.69) is 24.8 Å². The molecule has 4 rings (SSSR count). The summed E-state index contributed by atoms with van der Waals surface area (Å²) in [5.74, 6) is 1.70. The first-order chi connectivity index (χ1) is 11.7. The third-order valence-electron chi connectivity index (χ3n) is 4.20. The fraction of sp³-hybridized carbons (Fsp3) is 0.312. The molecule has 1 aromatic carbocycles. The van der Waals surface area contributed by atoms with Gasteiger partial charge in [0.25, 0.3) is 0 Å². The summed E-state index contributed by atoms with van der Waals surface area (Å²) in [5.41, 5.74) is 7.21. The van der Waals surface area contributed by atoms with Gasteiger partial charge < -0.3 is 20.4 Å². The Morgan fingerprint density at radius 2 is 2.21 bits per heavy atom. The van der Waals surface area contributed by atoms with Crippen LogP contribution in [0.5, 0.6) is 5.75 Å². The van der Waals surface area contributed by atoms with Gasteiger partial charge in [-0.05, 0) is 25.0 Å². The van der Waals surface area contributed by atoms with Gasteiger partial charge in [-0.3, -0.25) is 0 Å². The minimum absolute atomic E-state index is 0.196. The molecule has 8 heteroatoms. The van der Waals surface area contributed by atoms with Crippen LogP contribution in [0.3, 0.4) is 0 Å². The molecule has 7 nitrogen and oxygen atoms in total. The molecule has 0 saturated carbocycles. The quantitative estimate of drug-likeness (QED) is 0.755. The van der Waals surface area contributed by atoms with Crippen molar-refractivity contribution in [3.05, 3.63) is 35.6 Å². The Labute approximate surface area is 143 Å². The van der Waals surface area contributed by atoms with E-state index in [1.54, 1.807) is 6.33 Å². The van der Waals surface area contributed by atoms with E-state index in [4.69, 9.17) is 22.1 Å². The van der Waals surface area contributed by atoms with Crippen molar-refractivity contribution in [2.45, 2.75) is 18.9 Å². The average Bonchev–Trinajstić information content (AvgIpc) is 3.22. The molecule has 24 heavy (non-hydrogen) atoms. The summed E-state index contributed by atoms with van der Waals surface area (Å²) < 4.78 is 5.92. The molecule has 0 aliphatic carbocycles. The maximum atomic E-state index is 6.16. The molecule has 1 aliphatic heterocycles. The molecule has 1 fully saturated rings. The summed E-state index contributed by atoms with van der Waals surface area (Å²) >= 11 is 6.16. The van der Waals surface area contributed by atoms with Gasteiger partial charge in [-0.25, -0.2) is 4.98 Å². The lowest BCUT2D eigenvalue weighted by molar-refractivity contribution is 0.288. The third kappa shape index (κ3) is 2.71. The SMILES string of the molecule is Nc1nc(N2CCC[C@@H]2COc2ccccc2Cl)c2[nH]cnc2n1. The van der Waals surface area contributed by atoms with Gasteiger partial charge in [0.05, 0.1) is 17.4 Å². The lowest BCUT2D eigenvalue weighted by Crippen LogP contribution is -2.35. The van der Waals surface area contributed by atoms with Gasteiger partial charge in [-0.2, -0.15) is 9.97 Å².